The van der Waals surface area contributed by atoms with Crippen LogP contribution in [0.2, 0.25) is 0 Å². The van der Waals surface area contributed by atoms with Crippen molar-refractivity contribution in [3.05, 3.63) is 65.7 Å². The maximum Gasteiger partial charge on any atom is 0.456 e. The minimum absolute atomic E-state index is 0.116. The largest absolute Gasteiger partial charge is 0.456 e. The molecular weight excluding hydrogens is 338 g/mol. The van der Waals surface area contributed by atoms with Gasteiger partial charge in [0.25, 0.3) is 0 Å². The number of carbonyl (C=O) groups is 1. The molecule has 8 heteroatoms. The fourth-order valence-corrected chi connectivity index (χ4v) is 1.80. The molecule has 0 aliphatic heterocycles. The van der Waals surface area contributed by atoms with Crippen LogP contribution in [0.25, 0.3) is 0 Å². The van der Waals surface area contributed by atoms with Crippen LogP contribution in [0.4, 0.5) is 26.3 Å². The van der Waals surface area contributed by atoms with Crippen molar-refractivity contribution in [2.75, 3.05) is 0 Å². The molecule has 0 aromatic heterocycles. The topological polar surface area (TPSA) is 26.3 Å². The lowest BCUT2D eigenvalue weighted by Crippen LogP contribution is -2.40. The van der Waals surface area contributed by atoms with Crippen molar-refractivity contribution in [3.8, 4) is 5.75 Å². The first-order chi connectivity index (χ1) is 11.1. The van der Waals surface area contributed by atoms with Crippen LogP contribution in [0, 0.1) is 0 Å². The standard InChI is InChI=1S/C16H10F6O2/c17-13(15(18,19)16(20,21)22)10-6-8-12(9-7-10)24-14(23)11-4-2-1-3-5-11/h1-9,13H. The van der Waals surface area contributed by atoms with Crippen LogP contribution < -0.4 is 4.74 Å². The van der Waals surface area contributed by atoms with Crippen molar-refractivity contribution in [1.82, 2.24) is 0 Å². The van der Waals surface area contributed by atoms with Crippen LogP contribution in [0.3, 0.4) is 0 Å². The molecule has 0 fully saturated rings. The van der Waals surface area contributed by atoms with Crippen LogP contribution in [0.1, 0.15) is 22.1 Å². The van der Waals surface area contributed by atoms with Gasteiger partial charge >= 0.3 is 18.1 Å². The van der Waals surface area contributed by atoms with E-state index in [0.717, 1.165) is 12.1 Å². The molecule has 2 aromatic carbocycles. The summed E-state index contributed by atoms with van der Waals surface area (Å²) >= 11 is 0. The second-order valence-corrected chi connectivity index (χ2v) is 4.81. The predicted octanol–water partition coefficient (Wildman–Crippen LogP) is 5.11. The third kappa shape index (κ3) is 3.69. The van der Waals surface area contributed by atoms with E-state index in [1.54, 1.807) is 18.2 Å². The van der Waals surface area contributed by atoms with E-state index in [-0.39, 0.29) is 11.3 Å². The van der Waals surface area contributed by atoms with E-state index in [9.17, 15) is 31.1 Å². The Morgan fingerprint density at radius 2 is 1.42 bits per heavy atom. The van der Waals surface area contributed by atoms with Crippen LogP contribution >= 0.6 is 0 Å². The Labute approximate surface area is 132 Å². The van der Waals surface area contributed by atoms with Gasteiger partial charge in [-0.1, -0.05) is 30.3 Å². The Hall–Kier alpha value is -2.51. The van der Waals surface area contributed by atoms with Crippen molar-refractivity contribution in [2.24, 2.45) is 0 Å². The SMILES string of the molecule is O=C(Oc1ccc(C(F)C(F)(F)C(F)(F)F)cc1)c1ccccc1. The van der Waals surface area contributed by atoms with Gasteiger partial charge in [0.05, 0.1) is 5.56 Å². The molecular formula is C16H10F6O2. The molecule has 1 atom stereocenters. The zero-order valence-corrected chi connectivity index (χ0v) is 11.9. The van der Waals surface area contributed by atoms with Gasteiger partial charge in [-0.05, 0) is 29.8 Å². The summed E-state index contributed by atoms with van der Waals surface area (Å²) in [6, 6.07) is 11.1. The van der Waals surface area contributed by atoms with Crippen LogP contribution in [-0.4, -0.2) is 18.1 Å². The highest BCUT2D eigenvalue weighted by Crippen LogP contribution is 2.46. The number of hydrogen-bond acceptors (Lipinski definition) is 2. The van der Waals surface area contributed by atoms with E-state index < -0.39 is 29.8 Å². The molecule has 24 heavy (non-hydrogen) atoms. The highest BCUT2D eigenvalue weighted by Gasteiger charge is 2.63. The molecule has 0 bridgehead atoms. The average Bonchev–Trinajstić information content (AvgIpc) is 2.54. The van der Waals surface area contributed by atoms with Gasteiger partial charge in [-0.15, -0.1) is 0 Å². The summed E-state index contributed by atoms with van der Waals surface area (Å²) in [6.07, 6.45) is -9.57. The summed E-state index contributed by atoms with van der Waals surface area (Å²) < 4.78 is 80.8. The number of benzene rings is 2. The zero-order valence-electron chi connectivity index (χ0n) is 11.9. The van der Waals surface area contributed by atoms with E-state index in [1.165, 1.54) is 12.1 Å². The van der Waals surface area contributed by atoms with Crippen LogP contribution in [0.5, 0.6) is 5.75 Å². The van der Waals surface area contributed by atoms with Gasteiger partial charge in [0.2, 0.25) is 0 Å². The minimum atomic E-state index is -6.01. The van der Waals surface area contributed by atoms with Gasteiger partial charge in [-0.25, -0.2) is 9.18 Å². The molecule has 2 aromatic rings. The van der Waals surface area contributed by atoms with Crippen LogP contribution in [-0.2, 0) is 0 Å². The third-order valence-corrected chi connectivity index (χ3v) is 3.09. The van der Waals surface area contributed by atoms with E-state index in [4.69, 9.17) is 4.74 Å². The molecule has 0 aliphatic rings. The maximum atomic E-state index is 13.5. The van der Waals surface area contributed by atoms with Crippen LogP contribution in [0.15, 0.2) is 54.6 Å². The lowest BCUT2D eigenvalue weighted by atomic mass is 10.0. The van der Waals surface area contributed by atoms with Gasteiger partial charge in [-0.3, -0.25) is 0 Å². The fourth-order valence-electron chi connectivity index (χ4n) is 1.80. The number of alkyl halides is 6. The molecule has 0 radical (unpaired) electrons. The number of hydrogen-bond donors (Lipinski definition) is 0. The number of carbonyl (C=O) groups excluding carboxylic acids is 1. The van der Waals surface area contributed by atoms with Gasteiger partial charge in [-0.2, -0.15) is 22.0 Å². The maximum absolute atomic E-state index is 13.5. The summed E-state index contributed by atoms with van der Waals surface area (Å²) in [6.45, 7) is 0. The van der Waals surface area contributed by atoms with E-state index in [1.807, 2.05) is 0 Å². The molecule has 2 rings (SSSR count). The lowest BCUT2D eigenvalue weighted by Gasteiger charge is -2.23. The predicted molar refractivity (Wildman–Crippen MR) is 72.7 cm³/mol. The first-order valence-corrected chi connectivity index (χ1v) is 6.58. The number of rotatable bonds is 4. The fraction of sp³-hybridized carbons (Fsp3) is 0.188. The number of ether oxygens (including phenoxy) is 1. The smallest absolute Gasteiger partial charge is 0.423 e. The Morgan fingerprint density at radius 3 is 1.92 bits per heavy atom. The highest BCUT2D eigenvalue weighted by atomic mass is 19.4. The van der Waals surface area contributed by atoms with Crippen molar-refractivity contribution in [2.45, 2.75) is 18.3 Å². The lowest BCUT2D eigenvalue weighted by molar-refractivity contribution is -0.305. The third-order valence-electron chi connectivity index (χ3n) is 3.09. The Morgan fingerprint density at radius 1 is 0.875 bits per heavy atom. The van der Waals surface area contributed by atoms with Gasteiger partial charge < -0.3 is 4.74 Å². The summed E-state index contributed by atoms with van der Waals surface area (Å²) in [5.74, 6) is -6.38. The van der Waals surface area contributed by atoms with Crippen molar-refractivity contribution in [3.63, 3.8) is 0 Å². The van der Waals surface area contributed by atoms with Crippen molar-refractivity contribution in [1.29, 1.82) is 0 Å². The molecule has 0 heterocycles. The van der Waals surface area contributed by atoms with Gasteiger partial charge in [0.15, 0.2) is 6.17 Å². The second-order valence-electron chi connectivity index (χ2n) is 4.81. The molecule has 1 unspecified atom stereocenters. The summed E-state index contributed by atoms with van der Waals surface area (Å²) in [5.41, 5.74) is -0.662. The monoisotopic (exact) mass is 348 g/mol. The summed E-state index contributed by atoms with van der Waals surface area (Å²) in [4.78, 5) is 11.8. The van der Waals surface area contributed by atoms with E-state index in [0.29, 0.717) is 12.1 Å². The average molecular weight is 348 g/mol. The number of esters is 1. The van der Waals surface area contributed by atoms with E-state index in [2.05, 4.69) is 0 Å². The molecule has 0 spiro atoms. The normalized spacial score (nSPS) is 13.4. The molecule has 0 aliphatic carbocycles. The van der Waals surface area contributed by atoms with Crippen molar-refractivity contribution < 1.29 is 35.9 Å². The van der Waals surface area contributed by atoms with Gasteiger partial charge in [0, 0.05) is 0 Å². The van der Waals surface area contributed by atoms with Crippen molar-refractivity contribution >= 4 is 5.97 Å². The Bertz CT molecular complexity index is 695. The van der Waals surface area contributed by atoms with E-state index >= 15 is 0 Å². The number of halogens is 6. The molecule has 128 valence electrons. The molecule has 0 saturated heterocycles. The van der Waals surface area contributed by atoms with Gasteiger partial charge in [0.1, 0.15) is 5.75 Å². The molecule has 0 saturated carbocycles. The Kier molecular flexibility index (Phi) is 4.86. The highest BCUT2D eigenvalue weighted by molar-refractivity contribution is 5.90. The zero-order chi connectivity index (χ0) is 18.0. The summed E-state index contributed by atoms with van der Waals surface area (Å²) in [5, 5.41) is 0. The first-order valence-electron chi connectivity index (χ1n) is 6.58. The molecule has 0 N–H and O–H groups in total. The molecule has 0 amide bonds. The quantitative estimate of drug-likeness (QED) is 0.436. The Balaban J connectivity index is 2.12. The molecule has 2 nitrogen and oxygen atoms in total. The first kappa shape index (κ1) is 17.8. The minimum Gasteiger partial charge on any atom is -0.423 e. The summed E-state index contributed by atoms with van der Waals surface area (Å²) in [7, 11) is 0. The second kappa shape index (κ2) is 6.54.